The van der Waals surface area contributed by atoms with Crippen molar-refractivity contribution in [2.75, 3.05) is 6.54 Å². The van der Waals surface area contributed by atoms with Gasteiger partial charge in [-0.05, 0) is 40.0 Å². The normalized spacial score (nSPS) is 24.2. The highest BCUT2D eigenvalue weighted by molar-refractivity contribution is 6.08. The van der Waals surface area contributed by atoms with Gasteiger partial charge in [-0.3, -0.25) is 9.59 Å². The van der Waals surface area contributed by atoms with E-state index in [0.29, 0.717) is 6.42 Å². The summed E-state index contributed by atoms with van der Waals surface area (Å²) in [5.41, 5.74) is -0.634. The molecule has 0 aromatic carbocycles. The number of carbonyl (C=O) groups is 3. The summed E-state index contributed by atoms with van der Waals surface area (Å²) in [4.78, 5) is 37.6. The number of amides is 2. The average Bonchev–Trinajstić information content (AvgIpc) is 2.94. The quantitative estimate of drug-likeness (QED) is 0.730. The maximum absolute atomic E-state index is 12.3. The summed E-state index contributed by atoms with van der Waals surface area (Å²) in [7, 11) is 0. The molecule has 112 valence electrons. The number of Topliss-reactive ketones (excluding diaryl/α,β-unsaturated/α-hetero) is 1. The Kier molecular flexibility index (Phi) is 4.16. The molecule has 0 spiro atoms. The van der Waals surface area contributed by atoms with Crippen molar-refractivity contribution in [3.05, 3.63) is 0 Å². The van der Waals surface area contributed by atoms with E-state index in [1.807, 2.05) is 0 Å². The molecule has 2 rings (SSSR count). The number of imide groups is 1. The molecule has 5 heteroatoms. The number of ketones is 1. The molecule has 2 aliphatic rings. The summed E-state index contributed by atoms with van der Waals surface area (Å²) >= 11 is 0. The van der Waals surface area contributed by atoms with E-state index >= 15 is 0 Å². The van der Waals surface area contributed by atoms with Gasteiger partial charge in [-0.1, -0.05) is 12.8 Å². The first-order valence-electron chi connectivity index (χ1n) is 7.37. The molecule has 1 saturated heterocycles. The Balaban J connectivity index is 1.98. The van der Waals surface area contributed by atoms with E-state index in [0.717, 1.165) is 30.6 Å². The largest absolute Gasteiger partial charge is 0.443 e. The average molecular weight is 281 g/mol. The van der Waals surface area contributed by atoms with Crippen molar-refractivity contribution in [3.63, 3.8) is 0 Å². The van der Waals surface area contributed by atoms with Crippen LogP contribution in [0, 0.1) is 11.8 Å². The lowest BCUT2D eigenvalue weighted by Crippen LogP contribution is -2.40. The maximum Gasteiger partial charge on any atom is 0.417 e. The van der Waals surface area contributed by atoms with Crippen LogP contribution in [0.15, 0.2) is 0 Å². The van der Waals surface area contributed by atoms with Crippen molar-refractivity contribution in [1.82, 2.24) is 4.90 Å². The highest BCUT2D eigenvalue weighted by Crippen LogP contribution is 2.32. The zero-order valence-electron chi connectivity index (χ0n) is 12.5. The van der Waals surface area contributed by atoms with Crippen LogP contribution in [0.5, 0.6) is 0 Å². The monoisotopic (exact) mass is 281 g/mol. The van der Waals surface area contributed by atoms with E-state index in [9.17, 15) is 14.4 Å². The standard InChI is InChI=1S/C15H23NO4/c1-15(2,3)20-14(19)16-9-8-11(13(16)18)12(17)10-6-4-5-7-10/h10-11H,4-9H2,1-3H3. The molecule has 0 aromatic rings. The smallest absolute Gasteiger partial charge is 0.417 e. The highest BCUT2D eigenvalue weighted by Gasteiger charge is 2.43. The van der Waals surface area contributed by atoms with Crippen LogP contribution in [0.2, 0.25) is 0 Å². The molecule has 1 aliphatic carbocycles. The highest BCUT2D eigenvalue weighted by atomic mass is 16.6. The lowest BCUT2D eigenvalue weighted by atomic mass is 9.90. The second-order valence-corrected chi connectivity index (χ2v) is 6.70. The fraction of sp³-hybridized carbons (Fsp3) is 0.800. The van der Waals surface area contributed by atoms with E-state index in [1.54, 1.807) is 20.8 Å². The van der Waals surface area contributed by atoms with Crippen LogP contribution in [-0.4, -0.2) is 34.8 Å². The van der Waals surface area contributed by atoms with Crippen LogP contribution in [0.25, 0.3) is 0 Å². The summed E-state index contributed by atoms with van der Waals surface area (Å²) in [6.45, 7) is 5.56. The molecule has 20 heavy (non-hydrogen) atoms. The fourth-order valence-corrected chi connectivity index (χ4v) is 2.94. The maximum atomic E-state index is 12.3. The molecule has 2 fully saturated rings. The molecule has 1 atom stereocenters. The molecular formula is C15H23NO4. The lowest BCUT2D eigenvalue weighted by Gasteiger charge is -2.23. The third-order valence-corrected chi connectivity index (χ3v) is 3.92. The van der Waals surface area contributed by atoms with Gasteiger partial charge in [0.15, 0.2) is 0 Å². The molecule has 1 heterocycles. The van der Waals surface area contributed by atoms with Crippen LogP contribution in [-0.2, 0) is 14.3 Å². The Morgan fingerprint density at radius 3 is 2.30 bits per heavy atom. The topological polar surface area (TPSA) is 63.7 Å². The van der Waals surface area contributed by atoms with Gasteiger partial charge in [0.25, 0.3) is 0 Å². The molecule has 0 aromatic heterocycles. The van der Waals surface area contributed by atoms with Gasteiger partial charge in [-0.15, -0.1) is 0 Å². The Morgan fingerprint density at radius 1 is 1.15 bits per heavy atom. The number of hydrogen-bond acceptors (Lipinski definition) is 4. The van der Waals surface area contributed by atoms with Crippen molar-refractivity contribution in [3.8, 4) is 0 Å². The van der Waals surface area contributed by atoms with Gasteiger partial charge in [-0.25, -0.2) is 9.69 Å². The van der Waals surface area contributed by atoms with Gasteiger partial charge < -0.3 is 4.74 Å². The van der Waals surface area contributed by atoms with Crippen LogP contribution in [0.4, 0.5) is 4.79 Å². The van der Waals surface area contributed by atoms with Gasteiger partial charge in [-0.2, -0.15) is 0 Å². The zero-order chi connectivity index (χ0) is 14.9. The minimum Gasteiger partial charge on any atom is -0.443 e. The van der Waals surface area contributed by atoms with E-state index in [1.165, 1.54) is 0 Å². The summed E-state index contributed by atoms with van der Waals surface area (Å²) < 4.78 is 5.20. The molecule has 0 radical (unpaired) electrons. The molecule has 0 bridgehead atoms. The predicted molar refractivity (Wildman–Crippen MR) is 73.0 cm³/mol. The first-order valence-corrected chi connectivity index (χ1v) is 7.37. The first kappa shape index (κ1) is 15.0. The van der Waals surface area contributed by atoms with Gasteiger partial charge in [0.1, 0.15) is 11.4 Å². The number of ether oxygens (including phenoxy) is 1. The summed E-state index contributed by atoms with van der Waals surface area (Å²) in [5, 5.41) is 0. The third kappa shape index (κ3) is 3.19. The lowest BCUT2D eigenvalue weighted by molar-refractivity contribution is -0.137. The Morgan fingerprint density at radius 2 is 1.75 bits per heavy atom. The Labute approximate surface area is 119 Å². The minimum atomic E-state index is -0.635. The second-order valence-electron chi connectivity index (χ2n) is 6.70. The molecular weight excluding hydrogens is 258 g/mol. The van der Waals surface area contributed by atoms with Crippen molar-refractivity contribution in [2.24, 2.45) is 11.8 Å². The van der Waals surface area contributed by atoms with Crippen molar-refractivity contribution < 1.29 is 19.1 Å². The molecule has 1 unspecified atom stereocenters. The van der Waals surface area contributed by atoms with Gasteiger partial charge >= 0.3 is 6.09 Å². The van der Waals surface area contributed by atoms with E-state index in [4.69, 9.17) is 4.74 Å². The van der Waals surface area contributed by atoms with Crippen molar-refractivity contribution >= 4 is 17.8 Å². The number of likely N-dealkylation sites (tertiary alicyclic amines) is 1. The molecule has 1 aliphatic heterocycles. The van der Waals surface area contributed by atoms with Crippen molar-refractivity contribution in [2.45, 2.75) is 58.5 Å². The fourth-order valence-electron chi connectivity index (χ4n) is 2.94. The number of rotatable bonds is 2. The zero-order valence-corrected chi connectivity index (χ0v) is 12.5. The van der Waals surface area contributed by atoms with Gasteiger partial charge in [0.2, 0.25) is 5.91 Å². The van der Waals surface area contributed by atoms with E-state index in [2.05, 4.69) is 0 Å². The summed E-state index contributed by atoms with van der Waals surface area (Å²) in [6, 6.07) is 0. The van der Waals surface area contributed by atoms with Gasteiger partial charge in [0.05, 0.1) is 5.92 Å². The number of nitrogens with zero attached hydrogens (tertiary/aromatic N) is 1. The predicted octanol–water partition coefficient (Wildman–Crippen LogP) is 2.53. The third-order valence-electron chi connectivity index (χ3n) is 3.92. The second kappa shape index (κ2) is 5.54. The van der Waals surface area contributed by atoms with Crippen LogP contribution < -0.4 is 0 Å². The summed E-state index contributed by atoms with van der Waals surface area (Å²) in [5.74, 6) is -0.970. The van der Waals surface area contributed by atoms with Gasteiger partial charge in [0, 0.05) is 12.5 Å². The van der Waals surface area contributed by atoms with E-state index in [-0.39, 0.29) is 24.2 Å². The number of carbonyl (C=O) groups excluding carboxylic acids is 3. The first-order chi connectivity index (χ1) is 9.29. The van der Waals surface area contributed by atoms with Crippen LogP contribution >= 0.6 is 0 Å². The SMILES string of the molecule is CC(C)(C)OC(=O)N1CCC(C(=O)C2CCCC2)C1=O. The molecule has 0 N–H and O–H groups in total. The molecule has 1 saturated carbocycles. The van der Waals surface area contributed by atoms with Crippen molar-refractivity contribution in [1.29, 1.82) is 0 Å². The Bertz CT molecular complexity index is 418. The van der Waals surface area contributed by atoms with Crippen LogP contribution in [0.1, 0.15) is 52.9 Å². The summed E-state index contributed by atoms with van der Waals surface area (Å²) in [6.07, 6.45) is 3.70. The minimum absolute atomic E-state index is 0.0162. The van der Waals surface area contributed by atoms with E-state index < -0.39 is 17.6 Å². The Hall–Kier alpha value is -1.39. The molecule has 2 amide bonds. The van der Waals surface area contributed by atoms with Crippen LogP contribution in [0.3, 0.4) is 0 Å². The molecule has 5 nitrogen and oxygen atoms in total. The number of hydrogen-bond donors (Lipinski definition) is 0.